The van der Waals surface area contributed by atoms with E-state index in [-0.39, 0.29) is 5.92 Å². The molecule has 0 aliphatic heterocycles. The first-order valence-electron chi connectivity index (χ1n) is 6.30. The fraction of sp³-hybridized carbons (Fsp3) is 0.643. The van der Waals surface area contributed by atoms with E-state index in [1.54, 1.807) is 0 Å². The molecular formula is C14H24N2O. The lowest BCUT2D eigenvalue weighted by Crippen LogP contribution is -2.44. The first kappa shape index (κ1) is 14.1. The Morgan fingerprint density at radius 2 is 2.12 bits per heavy atom. The maximum absolute atomic E-state index is 10.3. The number of aromatic nitrogens is 1. The van der Waals surface area contributed by atoms with Crippen LogP contribution in [0.15, 0.2) is 24.4 Å². The monoisotopic (exact) mass is 236 g/mol. The molecular weight excluding hydrogens is 212 g/mol. The maximum Gasteiger partial charge on any atom is 0.0768 e. The second kappa shape index (κ2) is 6.12. The number of hydrogen-bond acceptors (Lipinski definition) is 3. The van der Waals surface area contributed by atoms with E-state index in [4.69, 9.17) is 0 Å². The van der Waals surface area contributed by atoms with Crippen LogP contribution in [0.4, 0.5) is 0 Å². The molecule has 1 rings (SSSR count). The third kappa shape index (κ3) is 4.44. The fourth-order valence-corrected chi connectivity index (χ4v) is 1.64. The molecule has 96 valence electrons. The minimum Gasteiger partial charge on any atom is -0.389 e. The number of pyridine rings is 1. The molecule has 17 heavy (non-hydrogen) atoms. The summed E-state index contributed by atoms with van der Waals surface area (Å²) in [5, 5.41) is 10.3. The van der Waals surface area contributed by atoms with Gasteiger partial charge in [0.2, 0.25) is 0 Å². The van der Waals surface area contributed by atoms with Crippen LogP contribution in [0.1, 0.15) is 33.4 Å². The van der Waals surface area contributed by atoms with Crippen molar-refractivity contribution in [3.63, 3.8) is 0 Å². The predicted octanol–water partition coefficient (Wildman–Crippen LogP) is 2.31. The number of nitrogens with zero attached hydrogens (tertiary/aromatic N) is 2. The first-order chi connectivity index (χ1) is 7.95. The molecule has 1 aromatic rings. The van der Waals surface area contributed by atoms with Gasteiger partial charge in [0.15, 0.2) is 0 Å². The molecule has 0 aliphatic rings. The van der Waals surface area contributed by atoms with Gasteiger partial charge in [-0.2, -0.15) is 0 Å². The zero-order valence-electron chi connectivity index (χ0n) is 11.3. The van der Waals surface area contributed by atoms with Gasteiger partial charge in [-0.1, -0.05) is 26.8 Å². The Morgan fingerprint density at radius 3 is 2.59 bits per heavy atom. The minimum atomic E-state index is -0.648. The van der Waals surface area contributed by atoms with Crippen LogP contribution in [0.2, 0.25) is 0 Å². The molecule has 0 bridgehead atoms. The molecule has 0 amide bonds. The Hall–Kier alpha value is -0.930. The maximum atomic E-state index is 10.3. The molecule has 3 heteroatoms. The van der Waals surface area contributed by atoms with Crippen LogP contribution >= 0.6 is 0 Å². The van der Waals surface area contributed by atoms with Gasteiger partial charge >= 0.3 is 0 Å². The van der Waals surface area contributed by atoms with Gasteiger partial charge in [-0.25, -0.2) is 0 Å². The largest absolute Gasteiger partial charge is 0.389 e. The number of aliphatic hydroxyl groups is 1. The van der Waals surface area contributed by atoms with Gasteiger partial charge < -0.3 is 5.11 Å². The van der Waals surface area contributed by atoms with Crippen molar-refractivity contribution in [2.24, 2.45) is 5.92 Å². The second-order valence-corrected chi connectivity index (χ2v) is 5.14. The summed E-state index contributed by atoms with van der Waals surface area (Å²) in [6, 6.07) is 5.94. The standard InChI is InChI=1S/C14H24N2O/c1-5-16(11-14(4,17)12(2)3)10-13-8-6-7-9-15-13/h6-9,12,17H,5,10-11H2,1-4H3. The average molecular weight is 236 g/mol. The Labute approximate surface area is 104 Å². The fourth-order valence-electron chi connectivity index (χ4n) is 1.64. The molecule has 1 heterocycles. The minimum absolute atomic E-state index is 0.250. The van der Waals surface area contributed by atoms with E-state index in [0.29, 0.717) is 6.54 Å². The topological polar surface area (TPSA) is 36.4 Å². The number of likely N-dealkylation sites (N-methyl/N-ethyl adjacent to an activating group) is 1. The van der Waals surface area contributed by atoms with Crippen molar-refractivity contribution in [1.29, 1.82) is 0 Å². The summed E-state index contributed by atoms with van der Waals surface area (Å²) >= 11 is 0. The average Bonchev–Trinajstić information content (AvgIpc) is 2.29. The molecule has 1 unspecified atom stereocenters. The molecule has 0 aliphatic carbocycles. The zero-order chi connectivity index (χ0) is 12.9. The molecule has 0 spiro atoms. The number of hydrogen-bond donors (Lipinski definition) is 1. The Balaban J connectivity index is 2.61. The Bertz CT molecular complexity index is 322. The van der Waals surface area contributed by atoms with Crippen LogP contribution in [0.5, 0.6) is 0 Å². The third-order valence-electron chi connectivity index (χ3n) is 3.35. The smallest absolute Gasteiger partial charge is 0.0768 e. The summed E-state index contributed by atoms with van der Waals surface area (Å²) in [6.07, 6.45) is 1.81. The molecule has 1 atom stereocenters. The lowest BCUT2D eigenvalue weighted by molar-refractivity contribution is -0.0198. The van der Waals surface area contributed by atoms with Crippen molar-refractivity contribution in [2.75, 3.05) is 13.1 Å². The van der Waals surface area contributed by atoms with Crippen molar-refractivity contribution >= 4 is 0 Å². The highest BCUT2D eigenvalue weighted by Crippen LogP contribution is 2.18. The van der Waals surface area contributed by atoms with Crippen LogP contribution in [-0.2, 0) is 6.54 Å². The van der Waals surface area contributed by atoms with Crippen LogP contribution in [0.3, 0.4) is 0 Å². The normalized spacial score (nSPS) is 15.2. The van der Waals surface area contributed by atoms with Gasteiger partial charge in [0.1, 0.15) is 0 Å². The Kier molecular flexibility index (Phi) is 5.09. The molecule has 3 nitrogen and oxygen atoms in total. The quantitative estimate of drug-likeness (QED) is 0.823. The SMILES string of the molecule is CCN(Cc1ccccn1)CC(C)(O)C(C)C. The number of rotatable bonds is 6. The molecule has 0 fully saturated rings. The summed E-state index contributed by atoms with van der Waals surface area (Å²) in [7, 11) is 0. The van der Waals surface area contributed by atoms with Gasteiger partial charge in [0.25, 0.3) is 0 Å². The van der Waals surface area contributed by atoms with E-state index < -0.39 is 5.60 Å². The van der Waals surface area contributed by atoms with Crippen LogP contribution in [0.25, 0.3) is 0 Å². The lowest BCUT2D eigenvalue weighted by atomic mass is 9.92. The molecule has 1 N–H and O–H groups in total. The molecule has 0 saturated carbocycles. The van der Waals surface area contributed by atoms with Crippen molar-refractivity contribution in [2.45, 2.75) is 39.8 Å². The highest BCUT2D eigenvalue weighted by atomic mass is 16.3. The summed E-state index contributed by atoms with van der Waals surface area (Å²) < 4.78 is 0. The van der Waals surface area contributed by atoms with E-state index in [1.807, 2.05) is 31.3 Å². The molecule has 0 radical (unpaired) electrons. The van der Waals surface area contributed by atoms with Crippen LogP contribution < -0.4 is 0 Å². The predicted molar refractivity (Wildman–Crippen MR) is 70.6 cm³/mol. The van der Waals surface area contributed by atoms with E-state index >= 15 is 0 Å². The summed E-state index contributed by atoms with van der Waals surface area (Å²) in [6.45, 7) is 10.5. The van der Waals surface area contributed by atoms with Gasteiger partial charge in [-0.3, -0.25) is 9.88 Å². The van der Waals surface area contributed by atoms with Crippen molar-refractivity contribution in [3.05, 3.63) is 30.1 Å². The zero-order valence-corrected chi connectivity index (χ0v) is 11.3. The second-order valence-electron chi connectivity index (χ2n) is 5.14. The van der Waals surface area contributed by atoms with Gasteiger partial charge in [0.05, 0.1) is 11.3 Å². The highest BCUT2D eigenvalue weighted by Gasteiger charge is 2.27. The summed E-state index contributed by atoms with van der Waals surface area (Å²) in [5.41, 5.74) is 0.402. The van der Waals surface area contributed by atoms with Crippen LogP contribution in [0, 0.1) is 5.92 Å². The lowest BCUT2D eigenvalue weighted by Gasteiger charge is -2.33. The van der Waals surface area contributed by atoms with Gasteiger partial charge in [-0.15, -0.1) is 0 Å². The molecule has 0 aromatic carbocycles. The van der Waals surface area contributed by atoms with E-state index in [0.717, 1.165) is 18.8 Å². The van der Waals surface area contributed by atoms with Crippen molar-refractivity contribution in [3.8, 4) is 0 Å². The van der Waals surface area contributed by atoms with E-state index in [1.165, 1.54) is 0 Å². The van der Waals surface area contributed by atoms with Crippen molar-refractivity contribution < 1.29 is 5.11 Å². The third-order valence-corrected chi connectivity index (χ3v) is 3.35. The first-order valence-corrected chi connectivity index (χ1v) is 6.30. The van der Waals surface area contributed by atoms with Gasteiger partial charge in [-0.05, 0) is 31.5 Å². The summed E-state index contributed by atoms with van der Waals surface area (Å²) in [4.78, 5) is 6.54. The summed E-state index contributed by atoms with van der Waals surface area (Å²) in [5.74, 6) is 0.250. The Morgan fingerprint density at radius 1 is 1.41 bits per heavy atom. The van der Waals surface area contributed by atoms with Gasteiger partial charge in [0, 0.05) is 19.3 Å². The van der Waals surface area contributed by atoms with Crippen LogP contribution in [-0.4, -0.2) is 33.7 Å². The molecule has 1 aromatic heterocycles. The van der Waals surface area contributed by atoms with Crippen molar-refractivity contribution in [1.82, 2.24) is 9.88 Å². The van der Waals surface area contributed by atoms with E-state index in [2.05, 4.69) is 30.7 Å². The highest BCUT2D eigenvalue weighted by molar-refractivity contribution is 5.03. The molecule has 0 saturated heterocycles. The van der Waals surface area contributed by atoms with E-state index in [9.17, 15) is 5.11 Å².